The van der Waals surface area contributed by atoms with Gasteiger partial charge in [0.15, 0.2) is 0 Å². The maximum absolute atomic E-state index is 7.70. The first kappa shape index (κ1) is 17.4. The van der Waals surface area contributed by atoms with E-state index in [9.17, 15) is 0 Å². The van der Waals surface area contributed by atoms with Crippen LogP contribution in [0.4, 0.5) is 11.4 Å². The second-order valence-corrected chi connectivity index (χ2v) is 6.09. The van der Waals surface area contributed by atoms with Crippen LogP contribution >= 0.6 is 11.6 Å². The zero-order valence-corrected chi connectivity index (χ0v) is 14.5. The van der Waals surface area contributed by atoms with Crippen molar-refractivity contribution in [2.24, 2.45) is 10.7 Å². The number of pyridine rings is 1. The Morgan fingerprint density at radius 1 is 1.36 bits per heavy atom. The van der Waals surface area contributed by atoms with Crippen molar-refractivity contribution in [2.75, 3.05) is 11.9 Å². The van der Waals surface area contributed by atoms with Crippen LogP contribution in [0.5, 0.6) is 0 Å². The third-order valence-corrected chi connectivity index (χ3v) is 4.37. The first-order valence-corrected chi connectivity index (χ1v) is 8.53. The van der Waals surface area contributed by atoms with E-state index in [2.05, 4.69) is 15.3 Å². The number of nitrogens with two attached hydrogens (primary N) is 1. The van der Waals surface area contributed by atoms with Crippen molar-refractivity contribution in [3.05, 3.63) is 52.8 Å². The van der Waals surface area contributed by atoms with Crippen LogP contribution < -0.4 is 11.1 Å². The van der Waals surface area contributed by atoms with E-state index >= 15 is 0 Å². The third kappa shape index (κ3) is 4.15. The highest BCUT2D eigenvalue weighted by Crippen LogP contribution is 2.33. The maximum atomic E-state index is 7.70. The Hall–Kier alpha value is -2.44. The van der Waals surface area contributed by atoms with Gasteiger partial charge < -0.3 is 21.2 Å². The number of amidine groups is 1. The van der Waals surface area contributed by atoms with Gasteiger partial charge in [-0.3, -0.25) is 4.98 Å². The smallest absolute Gasteiger partial charge is 0.150 e. The van der Waals surface area contributed by atoms with Gasteiger partial charge >= 0.3 is 0 Å². The third-order valence-electron chi connectivity index (χ3n) is 3.97. The summed E-state index contributed by atoms with van der Waals surface area (Å²) >= 11 is 6.45. The number of aromatic nitrogens is 1. The van der Waals surface area contributed by atoms with Crippen molar-refractivity contribution in [1.82, 2.24) is 4.98 Å². The van der Waals surface area contributed by atoms with Gasteiger partial charge in [0.2, 0.25) is 0 Å². The van der Waals surface area contributed by atoms with Crippen LogP contribution in [0.1, 0.15) is 30.5 Å². The molecule has 1 fully saturated rings. The minimum atomic E-state index is -0.0588. The molecule has 1 aromatic carbocycles. The number of benzene rings is 1. The molecule has 6 nitrogen and oxygen atoms in total. The monoisotopic (exact) mass is 357 g/mol. The van der Waals surface area contributed by atoms with Crippen LogP contribution in [0.2, 0.25) is 5.02 Å². The lowest BCUT2D eigenvalue weighted by atomic mass is 10.1. The Balaban J connectivity index is 1.88. The molecule has 0 radical (unpaired) electrons. The van der Waals surface area contributed by atoms with E-state index in [4.69, 9.17) is 27.5 Å². The number of nitrogens with zero attached hydrogens (tertiary/aromatic N) is 2. The summed E-state index contributed by atoms with van der Waals surface area (Å²) in [7, 11) is 0. The highest BCUT2D eigenvalue weighted by atomic mass is 35.5. The van der Waals surface area contributed by atoms with Gasteiger partial charge in [-0.15, -0.1) is 0 Å². The number of aliphatic imine (C=N–C) groups is 1. The normalized spacial score (nSPS) is 18.0. The Bertz CT molecular complexity index is 773. The Kier molecular flexibility index (Phi) is 5.63. The van der Waals surface area contributed by atoms with Gasteiger partial charge in [0, 0.05) is 30.3 Å². The van der Waals surface area contributed by atoms with E-state index in [1.165, 1.54) is 6.21 Å². The average molecular weight is 358 g/mol. The summed E-state index contributed by atoms with van der Waals surface area (Å²) < 4.78 is 5.69. The molecule has 2 aromatic rings. The predicted octanol–water partition coefficient (Wildman–Crippen LogP) is 3.71. The molecule has 25 heavy (non-hydrogen) atoms. The molecule has 1 atom stereocenters. The molecule has 3 rings (SSSR count). The quantitative estimate of drug-likeness (QED) is 0.561. The van der Waals surface area contributed by atoms with Crippen LogP contribution in [-0.4, -0.2) is 29.9 Å². The summed E-state index contributed by atoms with van der Waals surface area (Å²) in [5.41, 5.74) is 8.40. The van der Waals surface area contributed by atoms with Crippen LogP contribution in [0.15, 0.2) is 41.5 Å². The first-order valence-electron chi connectivity index (χ1n) is 8.15. The number of nitrogens with one attached hydrogen (secondary N) is 2. The van der Waals surface area contributed by atoms with Crippen molar-refractivity contribution < 1.29 is 4.74 Å². The minimum absolute atomic E-state index is 0.0588. The molecule has 1 unspecified atom stereocenters. The lowest BCUT2D eigenvalue weighted by Gasteiger charge is -2.25. The van der Waals surface area contributed by atoms with E-state index in [-0.39, 0.29) is 12.1 Å². The number of ether oxygens (including phenoxy) is 1. The van der Waals surface area contributed by atoms with Gasteiger partial charge in [-0.2, -0.15) is 0 Å². The second-order valence-electron chi connectivity index (χ2n) is 5.72. The van der Waals surface area contributed by atoms with E-state index < -0.39 is 0 Å². The number of halogens is 1. The van der Waals surface area contributed by atoms with Gasteiger partial charge in [0.25, 0.3) is 0 Å². The fourth-order valence-electron chi connectivity index (χ4n) is 2.66. The van der Waals surface area contributed by atoms with Crippen molar-refractivity contribution in [3.8, 4) is 0 Å². The van der Waals surface area contributed by atoms with E-state index in [0.29, 0.717) is 22.0 Å². The summed E-state index contributed by atoms with van der Waals surface area (Å²) in [4.78, 5) is 8.53. The molecule has 0 saturated carbocycles. The summed E-state index contributed by atoms with van der Waals surface area (Å²) in [6.45, 7) is 0.744. The zero-order valence-electron chi connectivity index (χ0n) is 13.7. The molecule has 0 bridgehead atoms. The highest BCUT2D eigenvalue weighted by molar-refractivity contribution is 6.36. The molecule has 7 heteroatoms. The van der Waals surface area contributed by atoms with Crippen molar-refractivity contribution in [3.63, 3.8) is 0 Å². The zero-order chi connectivity index (χ0) is 17.6. The fraction of sp³-hybridized carbons (Fsp3) is 0.278. The maximum Gasteiger partial charge on any atom is 0.150 e. The predicted molar refractivity (Wildman–Crippen MR) is 101 cm³/mol. The van der Waals surface area contributed by atoms with Gasteiger partial charge in [-0.05, 0) is 43.5 Å². The number of anilines is 1. The largest absolute Gasteiger partial charge is 0.382 e. The van der Waals surface area contributed by atoms with Crippen LogP contribution in [0.3, 0.4) is 0 Å². The molecule has 0 spiro atoms. The first-order chi connectivity index (χ1) is 12.2. The van der Waals surface area contributed by atoms with Crippen molar-refractivity contribution in [2.45, 2.75) is 25.5 Å². The van der Waals surface area contributed by atoms with Crippen LogP contribution in [-0.2, 0) is 4.74 Å². The molecule has 130 valence electrons. The van der Waals surface area contributed by atoms with Crippen LogP contribution in [0, 0.1) is 5.41 Å². The minimum Gasteiger partial charge on any atom is -0.382 e. The molecule has 0 aliphatic carbocycles. The molecule has 1 aromatic heterocycles. The van der Waals surface area contributed by atoms with Gasteiger partial charge in [-0.25, -0.2) is 4.99 Å². The molecule has 1 aliphatic rings. The summed E-state index contributed by atoms with van der Waals surface area (Å²) in [5, 5.41) is 11.4. The van der Waals surface area contributed by atoms with E-state index in [1.54, 1.807) is 18.3 Å². The summed E-state index contributed by atoms with van der Waals surface area (Å²) in [6, 6.07) is 9.04. The molecule has 4 N–H and O–H groups in total. The molecule has 2 heterocycles. The number of hydrogen-bond donors (Lipinski definition) is 3. The summed E-state index contributed by atoms with van der Waals surface area (Å²) in [6.07, 6.45) is 5.94. The molecule has 1 aliphatic heterocycles. The van der Waals surface area contributed by atoms with Gasteiger partial charge in [-0.1, -0.05) is 17.7 Å². The average Bonchev–Trinajstić information content (AvgIpc) is 2.66. The second kappa shape index (κ2) is 8.09. The molecular weight excluding hydrogens is 338 g/mol. The Labute approximate surface area is 151 Å². The molecule has 0 amide bonds. The lowest BCUT2D eigenvalue weighted by molar-refractivity contribution is 0.0343. The number of rotatable bonds is 5. The SMILES string of the molecule is N=Cc1c(NC2CCCCO2)ccc(N=C(N)c2ccccn2)c1Cl. The standard InChI is InChI=1S/C18H20ClN5O/c19-17-12(11-20)13(23-16-6-2-4-10-25-16)7-8-14(17)24-18(21)15-5-1-3-9-22-15/h1,3,5,7-9,11,16,20,23H,2,4,6,10H2,(H2,21,24). The summed E-state index contributed by atoms with van der Waals surface area (Å²) in [5.74, 6) is 0.273. The van der Waals surface area contributed by atoms with Crippen molar-refractivity contribution >= 4 is 35.0 Å². The van der Waals surface area contributed by atoms with Crippen LogP contribution in [0.25, 0.3) is 0 Å². The number of hydrogen-bond acceptors (Lipinski definition) is 5. The Morgan fingerprint density at radius 3 is 2.92 bits per heavy atom. The van der Waals surface area contributed by atoms with Crippen molar-refractivity contribution in [1.29, 1.82) is 5.41 Å². The fourth-order valence-corrected chi connectivity index (χ4v) is 2.93. The molecular formula is C18H20ClN5O. The Morgan fingerprint density at radius 2 is 2.24 bits per heavy atom. The van der Waals surface area contributed by atoms with Gasteiger partial charge in [0.05, 0.1) is 10.7 Å². The van der Waals surface area contributed by atoms with Gasteiger partial charge in [0.1, 0.15) is 17.8 Å². The van der Waals surface area contributed by atoms with E-state index in [0.717, 1.165) is 31.6 Å². The lowest BCUT2D eigenvalue weighted by Crippen LogP contribution is -2.27. The topological polar surface area (TPSA) is 96.4 Å². The van der Waals surface area contributed by atoms with E-state index in [1.807, 2.05) is 18.2 Å². The molecule has 1 saturated heterocycles. The highest BCUT2D eigenvalue weighted by Gasteiger charge is 2.17.